The summed E-state index contributed by atoms with van der Waals surface area (Å²) in [5.74, 6) is 2.06. The van der Waals surface area contributed by atoms with Gasteiger partial charge in [0.25, 0.3) is 5.91 Å². The van der Waals surface area contributed by atoms with Crippen LogP contribution in [0.1, 0.15) is 68.1 Å². The van der Waals surface area contributed by atoms with Crippen LogP contribution in [0.3, 0.4) is 0 Å². The number of nitrogens with zero attached hydrogens (tertiary/aromatic N) is 2. The Morgan fingerprint density at radius 3 is 2.42 bits per heavy atom. The van der Waals surface area contributed by atoms with E-state index in [9.17, 15) is 9.59 Å². The summed E-state index contributed by atoms with van der Waals surface area (Å²) in [5, 5.41) is 0. The number of hydrogen-bond donors (Lipinski definition) is 0. The van der Waals surface area contributed by atoms with Crippen LogP contribution in [0, 0.1) is 11.8 Å². The van der Waals surface area contributed by atoms with Crippen LogP contribution in [-0.4, -0.2) is 34.7 Å². The summed E-state index contributed by atoms with van der Waals surface area (Å²) in [6, 6.07) is 15.4. The summed E-state index contributed by atoms with van der Waals surface area (Å²) < 4.78 is 5.83. The minimum Gasteiger partial charge on any atom is -0.436 e. The van der Waals surface area contributed by atoms with Gasteiger partial charge < -0.3 is 9.32 Å². The van der Waals surface area contributed by atoms with Gasteiger partial charge in [-0.1, -0.05) is 37.8 Å². The second kappa shape index (κ2) is 9.50. The highest BCUT2D eigenvalue weighted by atomic mass is 16.3. The van der Waals surface area contributed by atoms with Crippen molar-refractivity contribution in [2.45, 2.75) is 63.8 Å². The number of oxazole rings is 1. The molecule has 0 bridgehead atoms. The highest BCUT2D eigenvalue weighted by Gasteiger charge is 2.32. The molecular weight excluding hydrogens is 412 g/mol. The Morgan fingerprint density at radius 1 is 0.939 bits per heavy atom. The number of Topliss-reactive ketones (excluding diaryl/α,β-unsaturated/α-hetero) is 1. The van der Waals surface area contributed by atoms with E-state index < -0.39 is 0 Å². The van der Waals surface area contributed by atoms with Gasteiger partial charge in [-0.15, -0.1) is 0 Å². The second-order valence-electron chi connectivity index (χ2n) is 9.91. The molecule has 2 aromatic carbocycles. The van der Waals surface area contributed by atoms with Crippen LogP contribution in [0.5, 0.6) is 0 Å². The van der Waals surface area contributed by atoms with Gasteiger partial charge in [-0.05, 0) is 67.5 Å². The summed E-state index contributed by atoms with van der Waals surface area (Å²) in [5.41, 5.74) is 3.10. The molecule has 172 valence electrons. The molecule has 2 fully saturated rings. The molecule has 1 amide bonds. The van der Waals surface area contributed by atoms with Crippen molar-refractivity contribution in [2.75, 3.05) is 7.05 Å². The van der Waals surface area contributed by atoms with Crippen LogP contribution in [0.2, 0.25) is 0 Å². The summed E-state index contributed by atoms with van der Waals surface area (Å²) in [6.45, 7) is 0. The standard InChI is InChI=1S/C28H32N2O3/c1-30(23-15-10-20(16-23)18-24(31)17-19-6-2-3-7-19)28(32)22-13-11-21(12-14-22)27-29-25-8-4-5-9-26(25)33-27/h4-5,8-9,11-14,19-20,23H,2-3,6-7,10,15-18H2,1H3/t20-,23+/m0/s1. The van der Waals surface area contributed by atoms with Crippen molar-refractivity contribution >= 4 is 22.8 Å². The minimum absolute atomic E-state index is 0.0297. The Labute approximate surface area is 195 Å². The molecule has 5 heteroatoms. The molecule has 2 aliphatic rings. The van der Waals surface area contributed by atoms with E-state index in [4.69, 9.17) is 4.42 Å². The highest BCUT2D eigenvalue weighted by Crippen LogP contribution is 2.34. The number of hydrogen-bond acceptors (Lipinski definition) is 4. The van der Waals surface area contributed by atoms with E-state index in [1.165, 1.54) is 25.7 Å². The molecule has 1 heterocycles. The van der Waals surface area contributed by atoms with E-state index in [1.807, 2.05) is 60.5 Å². The lowest BCUT2D eigenvalue weighted by atomic mass is 9.93. The van der Waals surface area contributed by atoms with Crippen LogP contribution in [-0.2, 0) is 4.79 Å². The molecule has 2 atom stereocenters. The van der Waals surface area contributed by atoms with Gasteiger partial charge >= 0.3 is 0 Å². The molecule has 0 unspecified atom stereocenters. The Morgan fingerprint density at radius 2 is 1.67 bits per heavy atom. The fourth-order valence-corrected chi connectivity index (χ4v) is 5.65. The number of amides is 1. The van der Waals surface area contributed by atoms with E-state index in [-0.39, 0.29) is 11.9 Å². The number of ketones is 1. The summed E-state index contributed by atoms with van der Waals surface area (Å²) in [4.78, 5) is 32.0. The topological polar surface area (TPSA) is 63.4 Å². The number of carbonyl (C=O) groups excluding carboxylic acids is 2. The zero-order chi connectivity index (χ0) is 22.8. The SMILES string of the molecule is CN(C(=O)c1ccc(-c2nc3ccccc3o2)cc1)[C@@H]1CC[C@H](CC(=O)CC2CCCC2)C1. The lowest BCUT2D eigenvalue weighted by Gasteiger charge is -2.25. The fraction of sp³-hybridized carbons (Fsp3) is 0.464. The maximum absolute atomic E-state index is 13.1. The molecule has 0 N–H and O–H groups in total. The molecule has 1 aromatic heterocycles. The van der Waals surface area contributed by atoms with Gasteiger partial charge in [-0.2, -0.15) is 0 Å². The molecular formula is C28H32N2O3. The Bertz CT molecular complexity index is 1090. The van der Waals surface area contributed by atoms with E-state index in [0.29, 0.717) is 35.5 Å². The molecule has 5 rings (SSSR count). The van der Waals surface area contributed by atoms with Gasteiger partial charge in [0.1, 0.15) is 11.3 Å². The number of fused-ring (bicyclic) bond motifs is 1. The first kappa shape index (κ1) is 21.9. The van der Waals surface area contributed by atoms with E-state index in [1.54, 1.807) is 0 Å². The molecule has 0 aliphatic heterocycles. The highest BCUT2D eigenvalue weighted by molar-refractivity contribution is 5.94. The largest absolute Gasteiger partial charge is 0.436 e. The number of para-hydroxylation sites is 2. The first-order chi connectivity index (χ1) is 16.1. The van der Waals surface area contributed by atoms with Gasteiger partial charge in [-0.25, -0.2) is 4.98 Å². The molecule has 2 saturated carbocycles. The zero-order valence-electron chi connectivity index (χ0n) is 19.3. The minimum atomic E-state index is 0.0297. The summed E-state index contributed by atoms with van der Waals surface area (Å²) >= 11 is 0. The van der Waals surface area contributed by atoms with Gasteiger partial charge in [0.15, 0.2) is 5.58 Å². The smallest absolute Gasteiger partial charge is 0.253 e. The first-order valence-electron chi connectivity index (χ1n) is 12.3. The predicted molar refractivity (Wildman–Crippen MR) is 129 cm³/mol. The number of aromatic nitrogens is 1. The van der Waals surface area contributed by atoms with Crippen molar-refractivity contribution in [3.63, 3.8) is 0 Å². The third-order valence-corrected chi connectivity index (χ3v) is 7.56. The molecule has 33 heavy (non-hydrogen) atoms. The quantitative estimate of drug-likeness (QED) is 0.430. The molecule has 0 radical (unpaired) electrons. The van der Waals surface area contributed by atoms with Crippen molar-refractivity contribution in [3.8, 4) is 11.5 Å². The Kier molecular flexibility index (Phi) is 6.30. The first-order valence-corrected chi connectivity index (χ1v) is 12.3. The zero-order valence-corrected chi connectivity index (χ0v) is 19.3. The molecule has 5 nitrogen and oxygen atoms in total. The maximum atomic E-state index is 13.1. The van der Waals surface area contributed by atoms with E-state index in [2.05, 4.69) is 4.98 Å². The average Bonchev–Trinajstić information content (AvgIpc) is 3.59. The van der Waals surface area contributed by atoms with E-state index in [0.717, 1.165) is 42.3 Å². The molecule has 0 spiro atoms. The molecule has 2 aliphatic carbocycles. The lowest BCUT2D eigenvalue weighted by Crippen LogP contribution is -2.35. The molecule has 3 aromatic rings. The van der Waals surface area contributed by atoms with Crippen molar-refractivity contribution in [3.05, 3.63) is 54.1 Å². The Hall–Kier alpha value is -2.95. The lowest BCUT2D eigenvalue weighted by molar-refractivity contribution is -0.120. The molecule has 0 saturated heterocycles. The number of rotatable bonds is 7. The predicted octanol–water partition coefficient (Wildman–Crippen LogP) is 6.28. The van der Waals surface area contributed by atoms with Gasteiger partial charge in [0.05, 0.1) is 0 Å². The summed E-state index contributed by atoms with van der Waals surface area (Å²) in [6.07, 6.45) is 9.41. The normalized spacial score (nSPS) is 21.0. The van der Waals surface area contributed by atoms with Crippen molar-refractivity contribution in [2.24, 2.45) is 11.8 Å². The second-order valence-corrected chi connectivity index (χ2v) is 9.91. The third kappa shape index (κ3) is 4.87. The van der Waals surface area contributed by atoms with Gasteiger partial charge in [0, 0.05) is 37.1 Å². The van der Waals surface area contributed by atoms with Crippen LogP contribution in [0.15, 0.2) is 52.9 Å². The van der Waals surface area contributed by atoms with Gasteiger partial charge in [-0.3, -0.25) is 9.59 Å². The van der Waals surface area contributed by atoms with Gasteiger partial charge in [0.2, 0.25) is 5.89 Å². The van der Waals surface area contributed by atoms with E-state index >= 15 is 0 Å². The van der Waals surface area contributed by atoms with Crippen LogP contribution >= 0.6 is 0 Å². The van der Waals surface area contributed by atoms with Crippen molar-refractivity contribution in [1.29, 1.82) is 0 Å². The van der Waals surface area contributed by atoms with Crippen LogP contribution in [0.25, 0.3) is 22.6 Å². The third-order valence-electron chi connectivity index (χ3n) is 7.56. The van der Waals surface area contributed by atoms with Crippen molar-refractivity contribution < 1.29 is 14.0 Å². The fourth-order valence-electron chi connectivity index (χ4n) is 5.65. The average molecular weight is 445 g/mol. The summed E-state index contributed by atoms with van der Waals surface area (Å²) in [7, 11) is 1.89. The van der Waals surface area contributed by atoms with Crippen LogP contribution < -0.4 is 0 Å². The van der Waals surface area contributed by atoms with Crippen LogP contribution in [0.4, 0.5) is 0 Å². The number of carbonyl (C=O) groups is 2. The number of benzene rings is 2. The Balaban J connectivity index is 1.17. The maximum Gasteiger partial charge on any atom is 0.253 e. The van der Waals surface area contributed by atoms with Crippen molar-refractivity contribution in [1.82, 2.24) is 9.88 Å². The monoisotopic (exact) mass is 444 g/mol.